The number of carbonyl (C=O) groups excluding carboxylic acids is 2. The van der Waals surface area contributed by atoms with E-state index in [-0.39, 0.29) is 23.8 Å². The van der Waals surface area contributed by atoms with Gasteiger partial charge >= 0.3 is 0 Å². The van der Waals surface area contributed by atoms with E-state index in [0.29, 0.717) is 18.4 Å². The predicted octanol–water partition coefficient (Wildman–Crippen LogP) is 1.68. The Kier molecular flexibility index (Phi) is 4.47. The maximum absolute atomic E-state index is 13.1. The second-order valence-corrected chi connectivity index (χ2v) is 8.01. The van der Waals surface area contributed by atoms with Gasteiger partial charge in [-0.05, 0) is 31.5 Å². The predicted molar refractivity (Wildman–Crippen MR) is 91.2 cm³/mol. The van der Waals surface area contributed by atoms with E-state index in [2.05, 4.69) is 25.9 Å². The Labute approximate surface area is 141 Å². The quantitative estimate of drug-likeness (QED) is 0.844. The summed E-state index contributed by atoms with van der Waals surface area (Å²) in [4.78, 5) is 32.3. The van der Waals surface area contributed by atoms with E-state index in [4.69, 9.17) is 0 Å². The molecule has 23 heavy (non-hydrogen) atoms. The Hall–Kier alpha value is -1.40. The number of hydrogen-bond donors (Lipinski definition) is 0. The first-order valence-corrected chi connectivity index (χ1v) is 9.02. The third-order valence-corrected chi connectivity index (χ3v) is 6.23. The van der Waals surface area contributed by atoms with Gasteiger partial charge in [-0.3, -0.25) is 9.59 Å². The van der Waals surface area contributed by atoms with Crippen molar-refractivity contribution in [3.05, 3.63) is 22.4 Å². The van der Waals surface area contributed by atoms with E-state index in [1.54, 1.807) is 16.2 Å². The zero-order chi connectivity index (χ0) is 16.7. The summed E-state index contributed by atoms with van der Waals surface area (Å²) in [6.45, 7) is 3.74. The van der Waals surface area contributed by atoms with E-state index in [0.717, 1.165) is 18.0 Å². The van der Waals surface area contributed by atoms with E-state index in [9.17, 15) is 9.59 Å². The molecule has 2 aliphatic heterocycles. The summed E-state index contributed by atoms with van der Waals surface area (Å²) in [5.74, 6) is 0.415. The fraction of sp³-hybridized carbons (Fsp3) is 0.647. The molecule has 1 aromatic rings. The number of likely N-dealkylation sites (tertiary alicyclic amines) is 2. The van der Waals surface area contributed by atoms with Crippen LogP contribution in [0.4, 0.5) is 0 Å². The highest BCUT2D eigenvalue weighted by Gasteiger charge is 2.46. The lowest BCUT2D eigenvalue weighted by molar-refractivity contribution is -0.135. The molecule has 0 aliphatic carbocycles. The minimum Gasteiger partial charge on any atom is -0.340 e. The van der Waals surface area contributed by atoms with E-state index < -0.39 is 0 Å². The molecule has 6 heteroatoms. The summed E-state index contributed by atoms with van der Waals surface area (Å²) in [5, 5.41) is 2.01. The Morgan fingerprint density at radius 1 is 1.35 bits per heavy atom. The van der Waals surface area contributed by atoms with Crippen LogP contribution in [0.15, 0.2) is 17.5 Å². The summed E-state index contributed by atoms with van der Waals surface area (Å²) < 4.78 is 0. The number of hydrogen-bond acceptors (Lipinski definition) is 4. The normalized spacial score (nSPS) is 31.4. The zero-order valence-corrected chi connectivity index (χ0v) is 15.0. The Morgan fingerprint density at radius 2 is 2.09 bits per heavy atom. The van der Waals surface area contributed by atoms with Gasteiger partial charge in [-0.25, -0.2) is 0 Å². The molecule has 2 amide bonds. The minimum absolute atomic E-state index is 0.0677. The first-order chi connectivity index (χ1) is 10.9. The molecule has 2 aliphatic rings. The van der Waals surface area contributed by atoms with Gasteiger partial charge in [-0.1, -0.05) is 13.0 Å². The molecule has 0 radical (unpaired) electrons. The molecule has 1 aromatic heterocycles. The molecular weight excluding hydrogens is 310 g/mol. The van der Waals surface area contributed by atoms with Gasteiger partial charge in [0.25, 0.3) is 0 Å². The summed E-state index contributed by atoms with van der Waals surface area (Å²) in [6.07, 6.45) is 0.329. The molecule has 126 valence electrons. The van der Waals surface area contributed by atoms with Crippen LogP contribution in [0.1, 0.15) is 24.3 Å². The highest BCUT2D eigenvalue weighted by Crippen LogP contribution is 2.40. The number of thiophene rings is 1. The number of amides is 2. The van der Waals surface area contributed by atoms with Crippen LogP contribution in [-0.2, 0) is 9.59 Å². The molecule has 0 saturated carbocycles. The van der Waals surface area contributed by atoms with Crippen molar-refractivity contribution in [2.75, 3.05) is 34.2 Å². The molecule has 0 bridgehead atoms. The molecule has 4 atom stereocenters. The smallest absolute Gasteiger partial charge is 0.228 e. The molecule has 2 saturated heterocycles. The summed E-state index contributed by atoms with van der Waals surface area (Å²) >= 11 is 1.62. The van der Waals surface area contributed by atoms with Gasteiger partial charge in [0.15, 0.2) is 0 Å². The Bertz CT molecular complexity index is 587. The Balaban J connectivity index is 1.80. The van der Waals surface area contributed by atoms with Crippen LogP contribution in [0.2, 0.25) is 0 Å². The largest absolute Gasteiger partial charge is 0.340 e. The lowest BCUT2D eigenvalue weighted by Crippen LogP contribution is -2.39. The highest BCUT2D eigenvalue weighted by molar-refractivity contribution is 7.10. The van der Waals surface area contributed by atoms with Gasteiger partial charge in [0.1, 0.15) is 0 Å². The van der Waals surface area contributed by atoms with Crippen LogP contribution >= 0.6 is 11.3 Å². The lowest BCUT2D eigenvalue weighted by atomic mass is 9.97. The summed E-state index contributed by atoms with van der Waals surface area (Å²) in [5.41, 5.74) is 0. The van der Waals surface area contributed by atoms with E-state index in [1.807, 2.05) is 29.5 Å². The van der Waals surface area contributed by atoms with Gasteiger partial charge < -0.3 is 14.7 Å². The lowest BCUT2D eigenvalue weighted by Gasteiger charge is -2.27. The molecule has 0 N–H and O–H groups in total. The third kappa shape index (κ3) is 2.90. The minimum atomic E-state index is -0.251. The monoisotopic (exact) mass is 335 g/mol. The van der Waals surface area contributed by atoms with Crippen molar-refractivity contribution in [3.8, 4) is 0 Å². The fourth-order valence-corrected chi connectivity index (χ4v) is 4.91. The number of likely N-dealkylation sites (N-methyl/N-ethyl adjacent to an activating group) is 1. The van der Waals surface area contributed by atoms with Gasteiger partial charge in [0, 0.05) is 37.5 Å². The van der Waals surface area contributed by atoms with Gasteiger partial charge in [0.2, 0.25) is 11.8 Å². The number of rotatable bonds is 3. The standard InChI is InChI=1S/C17H25N3O2S/c1-11-9-20(10-13(11)18(2)3)17(22)12-8-15(21)19(4)16(12)14-6-5-7-23-14/h5-7,11-13,16H,8-10H2,1-4H3/t11-,12-,13+,16+/m1/s1. The molecule has 2 fully saturated rings. The second kappa shape index (κ2) is 6.24. The highest BCUT2D eigenvalue weighted by atomic mass is 32.1. The van der Waals surface area contributed by atoms with Crippen molar-refractivity contribution in [1.82, 2.24) is 14.7 Å². The molecule has 0 spiro atoms. The molecule has 0 unspecified atom stereocenters. The summed E-state index contributed by atoms with van der Waals surface area (Å²) in [7, 11) is 5.95. The van der Waals surface area contributed by atoms with Gasteiger partial charge in [-0.15, -0.1) is 11.3 Å². The molecule has 3 heterocycles. The van der Waals surface area contributed by atoms with Crippen molar-refractivity contribution < 1.29 is 9.59 Å². The maximum Gasteiger partial charge on any atom is 0.228 e. The van der Waals surface area contributed by atoms with Crippen LogP contribution in [0.5, 0.6) is 0 Å². The molecule has 5 nitrogen and oxygen atoms in total. The second-order valence-electron chi connectivity index (χ2n) is 7.03. The van der Waals surface area contributed by atoms with Crippen LogP contribution in [-0.4, -0.2) is 66.8 Å². The maximum atomic E-state index is 13.1. The van der Waals surface area contributed by atoms with Crippen molar-refractivity contribution >= 4 is 23.2 Å². The van der Waals surface area contributed by atoms with E-state index >= 15 is 0 Å². The average molecular weight is 335 g/mol. The summed E-state index contributed by atoms with van der Waals surface area (Å²) in [6, 6.07) is 4.30. The number of carbonyl (C=O) groups is 2. The van der Waals surface area contributed by atoms with Gasteiger partial charge in [0.05, 0.1) is 12.0 Å². The molecule has 0 aromatic carbocycles. The van der Waals surface area contributed by atoms with Crippen molar-refractivity contribution in [2.45, 2.75) is 25.4 Å². The third-order valence-electron chi connectivity index (χ3n) is 5.29. The van der Waals surface area contributed by atoms with Crippen molar-refractivity contribution in [2.24, 2.45) is 11.8 Å². The van der Waals surface area contributed by atoms with Crippen LogP contribution in [0.3, 0.4) is 0 Å². The topological polar surface area (TPSA) is 43.9 Å². The van der Waals surface area contributed by atoms with Crippen molar-refractivity contribution in [3.63, 3.8) is 0 Å². The zero-order valence-electron chi connectivity index (χ0n) is 14.2. The Morgan fingerprint density at radius 3 is 2.65 bits per heavy atom. The SMILES string of the molecule is C[C@@H]1CN(C(=O)[C@@H]2CC(=O)N(C)[C@@H]2c2cccs2)C[C@@H]1N(C)C. The van der Waals surface area contributed by atoms with Crippen molar-refractivity contribution in [1.29, 1.82) is 0 Å². The molecule has 3 rings (SSSR count). The first kappa shape index (κ1) is 16.5. The molecular formula is C17H25N3O2S. The number of nitrogens with zero attached hydrogens (tertiary/aromatic N) is 3. The first-order valence-electron chi connectivity index (χ1n) is 8.14. The van der Waals surface area contributed by atoms with Gasteiger partial charge in [-0.2, -0.15) is 0 Å². The van der Waals surface area contributed by atoms with Crippen LogP contribution < -0.4 is 0 Å². The van der Waals surface area contributed by atoms with E-state index in [1.165, 1.54) is 0 Å². The van der Waals surface area contributed by atoms with Crippen LogP contribution in [0.25, 0.3) is 0 Å². The fourth-order valence-electron chi connectivity index (χ4n) is 3.98. The van der Waals surface area contributed by atoms with Crippen LogP contribution in [0, 0.1) is 11.8 Å². The average Bonchev–Trinajstić information content (AvgIpc) is 3.19.